The Morgan fingerprint density at radius 2 is 1.95 bits per heavy atom. The molecule has 5 nitrogen and oxygen atoms in total. The summed E-state index contributed by atoms with van der Waals surface area (Å²) >= 11 is 0. The van der Waals surface area contributed by atoms with Crippen LogP contribution in [-0.4, -0.2) is 15.5 Å². The number of aryl methyl sites for hydroxylation is 1. The van der Waals surface area contributed by atoms with Crippen LogP contribution in [0.5, 0.6) is 0 Å². The van der Waals surface area contributed by atoms with Crippen LogP contribution in [0.3, 0.4) is 0 Å². The number of rotatable bonds is 3. The molecule has 3 rings (SSSR count). The number of hydrogen-bond donors (Lipinski definition) is 1. The average molecular weight is 301 g/mol. The summed E-state index contributed by atoms with van der Waals surface area (Å²) in [5.74, 6) is -0.709. The second-order valence-corrected chi connectivity index (χ2v) is 5.37. The lowest BCUT2D eigenvalue weighted by Crippen LogP contribution is -2.32. The monoisotopic (exact) mass is 301 g/mol. The van der Waals surface area contributed by atoms with E-state index in [4.69, 9.17) is 0 Å². The molecule has 114 valence electrons. The normalized spacial score (nSPS) is 13.5. The van der Waals surface area contributed by atoms with Crippen LogP contribution in [0.15, 0.2) is 35.4 Å². The Morgan fingerprint density at radius 1 is 1.23 bits per heavy atom. The maximum absolute atomic E-state index is 12.8. The molecule has 22 heavy (non-hydrogen) atoms. The lowest BCUT2D eigenvalue weighted by molar-refractivity contribution is -0.116. The maximum atomic E-state index is 12.8. The van der Waals surface area contributed by atoms with E-state index in [1.54, 1.807) is 0 Å². The lowest BCUT2D eigenvalue weighted by atomic mass is 9.97. The van der Waals surface area contributed by atoms with Gasteiger partial charge in [-0.15, -0.1) is 0 Å². The van der Waals surface area contributed by atoms with Gasteiger partial charge in [0, 0.05) is 11.3 Å². The molecule has 0 atom stereocenters. The first-order valence-corrected chi connectivity index (χ1v) is 7.26. The molecule has 1 aromatic heterocycles. The van der Waals surface area contributed by atoms with E-state index in [1.165, 1.54) is 35.2 Å². The highest BCUT2D eigenvalue weighted by Gasteiger charge is 2.16. The Bertz CT molecular complexity index is 753. The van der Waals surface area contributed by atoms with Crippen molar-refractivity contribution < 1.29 is 9.18 Å². The first-order valence-electron chi connectivity index (χ1n) is 7.26. The molecule has 0 radical (unpaired) electrons. The van der Waals surface area contributed by atoms with Gasteiger partial charge >= 0.3 is 0 Å². The van der Waals surface area contributed by atoms with E-state index in [0.29, 0.717) is 5.69 Å². The predicted molar refractivity (Wildman–Crippen MR) is 80.2 cm³/mol. The first-order chi connectivity index (χ1) is 10.6. The van der Waals surface area contributed by atoms with Crippen LogP contribution in [0.2, 0.25) is 0 Å². The number of anilines is 1. The first kappa shape index (κ1) is 14.4. The highest BCUT2D eigenvalue weighted by Crippen LogP contribution is 2.15. The summed E-state index contributed by atoms with van der Waals surface area (Å²) in [6.07, 6.45) is 5.01. The fourth-order valence-corrected chi connectivity index (χ4v) is 2.63. The fourth-order valence-electron chi connectivity index (χ4n) is 2.63. The zero-order valence-corrected chi connectivity index (χ0v) is 12.0. The summed E-state index contributed by atoms with van der Waals surface area (Å²) < 4.78 is 14.1. The third-order valence-electron chi connectivity index (χ3n) is 3.75. The van der Waals surface area contributed by atoms with Crippen molar-refractivity contribution in [3.8, 4) is 0 Å². The van der Waals surface area contributed by atoms with Crippen LogP contribution < -0.4 is 10.9 Å². The Balaban J connectivity index is 1.74. The van der Waals surface area contributed by atoms with Crippen LogP contribution in [0.1, 0.15) is 24.1 Å². The number of hydrogen-bond acceptors (Lipinski definition) is 3. The van der Waals surface area contributed by atoms with Crippen molar-refractivity contribution >= 4 is 11.6 Å². The van der Waals surface area contributed by atoms with Crippen molar-refractivity contribution in [2.24, 2.45) is 0 Å². The summed E-state index contributed by atoms with van der Waals surface area (Å²) in [5.41, 5.74) is 1.93. The third kappa shape index (κ3) is 3.05. The second-order valence-electron chi connectivity index (χ2n) is 5.37. The van der Waals surface area contributed by atoms with Crippen LogP contribution >= 0.6 is 0 Å². The van der Waals surface area contributed by atoms with Gasteiger partial charge in [0.05, 0.1) is 12.0 Å². The Labute approximate surface area is 126 Å². The zero-order chi connectivity index (χ0) is 15.5. The van der Waals surface area contributed by atoms with Crippen molar-refractivity contribution in [2.45, 2.75) is 32.2 Å². The fraction of sp³-hybridized carbons (Fsp3) is 0.312. The molecule has 0 bridgehead atoms. The van der Waals surface area contributed by atoms with Gasteiger partial charge in [-0.2, -0.15) is 0 Å². The smallest absolute Gasteiger partial charge is 0.257 e. The largest absolute Gasteiger partial charge is 0.325 e. The average Bonchev–Trinajstić information content (AvgIpc) is 2.53. The Hall–Kier alpha value is -2.50. The molecule has 1 aliphatic rings. The number of nitrogens with zero attached hydrogens (tertiary/aromatic N) is 2. The summed E-state index contributed by atoms with van der Waals surface area (Å²) in [5, 5.41) is 2.63. The standard InChI is InChI=1S/C16H16FN3O2/c17-11-5-7-12(8-6-11)19-15(21)9-20-10-18-14-4-2-1-3-13(14)16(20)22/h5-8,10H,1-4,9H2,(H,19,21). The van der Waals surface area contributed by atoms with Crippen molar-refractivity contribution in [1.29, 1.82) is 0 Å². The van der Waals surface area contributed by atoms with E-state index < -0.39 is 0 Å². The molecule has 1 aliphatic carbocycles. The molecular weight excluding hydrogens is 285 g/mol. The molecule has 0 unspecified atom stereocenters. The highest BCUT2D eigenvalue weighted by molar-refractivity contribution is 5.90. The highest BCUT2D eigenvalue weighted by atomic mass is 19.1. The molecule has 2 aromatic rings. The van der Waals surface area contributed by atoms with Gasteiger partial charge in [0.2, 0.25) is 5.91 Å². The van der Waals surface area contributed by atoms with Gasteiger partial charge in [0.15, 0.2) is 0 Å². The van der Waals surface area contributed by atoms with Gasteiger partial charge in [-0.1, -0.05) is 0 Å². The molecule has 0 saturated heterocycles. The predicted octanol–water partition coefficient (Wildman–Crippen LogP) is 1.90. The lowest BCUT2D eigenvalue weighted by Gasteiger charge is -2.15. The minimum atomic E-state index is -0.367. The molecular formula is C16H16FN3O2. The summed E-state index contributed by atoms with van der Waals surface area (Å²) in [4.78, 5) is 28.6. The van der Waals surface area contributed by atoms with Gasteiger partial charge in [0.1, 0.15) is 12.4 Å². The number of nitrogens with one attached hydrogen (secondary N) is 1. The van der Waals surface area contributed by atoms with Crippen LogP contribution in [0, 0.1) is 5.82 Å². The van der Waals surface area contributed by atoms with Crippen molar-refractivity contribution in [2.75, 3.05) is 5.32 Å². The molecule has 1 N–H and O–H groups in total. The summed E-state index contributed by atoms with van der Waals surface area (Å²) in [6, 6.07) is 5.48. The summed E-state index contributed by atoms with van der Waals surface area (Å²) in [6.45, 7) is -0.101. The van der Waals surface area contributed by atoms with Gasteiger partial charge in [-0.25, -0.2) is 9.37 Å². The SMILES string of the molecule is O=C(Cn1cnc2c(c1=O)CCCC2)Nc1ccc(F)cc1. The second kappa shape index (κ2) is 6.09. The van der Waals surface area contributed by atoms with E-state index in [0.717, 1.165) is 36.9 Å². The van der Waals surface area contributed by atoms with E-state index >= 15 is 0 Å². The molecule has 1 heterocycles. The van der Waals surface area contributed by atoms with E-state index in [2.05, 4.69) is 10.3 Å². The minimum Gasteiger partial charge on any atom is -0.325 e. The summed E-state index contributed by atoms with van der Waals surface area (Å²) in [7, 11) is 0. The van der Waals surface area contributed by atoms with Crippen molar-refractivity contribution in [3.63, 3.8) is 0 Å². The van der Waals surface area contributed by atoms with E-state index in [-0.39, 0.29) is 23.8 Å². The maximum Gasteiger partial charge on any atom is 0.257 e. The molecule has 0 spiro atoms. The number of fused-ring (bicyclic) bond motifs is 1. The molecule has 1 aromatic carbocycles. The van der Waals surface area contributed by atoms with Crippen LogP contribution in [-0.2, 0) is 24.2 Å². The van der Waals surface area contributed by atoms with Gasteiger partial charge in [-0.3, -0.25) is 14.2 Å². The molecule has 1 amide bonds. The topological polar surface area (TPSA) is 64.0 Å². The van der Waals surface area contributed by atoms with Crippen molar-refractivity contribution in [3.05, 3.63) is 58.0 Å². The number of aromatic nitrogens is 2. The van der Waals surface area contributed by atoms with Crippen LogP contribution in [0.25, 0.3) is 0 Å². The molecule has 0 saturated carbocycles. The number of carbonyl (C=O) groups excluding carboxylic acids is 1. The Kier molecular flexibility index (Phi) is 4.00. The number of carbonyl (C=O) groups is 1. The number of benzene rings is 1. The minimum absolute atomic E-state index is 0.101. The van der Waals surface area contributed by atoms with Gasteiger partial charge < -0.3 is 5.32 Å². The molecule has 6 heteroatoms. The molecule has 0 fully saturated rings. The Morgan fingerprint density at radius 3 is 2.73 bits per heavy atom. The van der Waals surface area contributed by atoms with Crippen LogP contribution in [0.4, 0.5) is 10.1 Å². The van der Waals surface area contributed by atoms with E-state index in [9.17, 15) is 14.0 Å². The third-order valence-corrected chi connectivity index (χ3v) is 3.75. The zero-order valence-electron chi connectivity index (χ0n) is 12.0. The van der Waals surface area contributed by atoms with E-state index in [1.807, 2.05) is 0 Å². The van der Waals surface area contributed by atoms with Gasteiger partial charge in [0.25, 0.3) is 5.56 Å². The number of halogens is 1. The molecule has 0 aliphatic heterocycles. The quantitative estimate of drug-likeness (QED) is 0.941. The number of amides is 1. The van der Waals surface area contributed by atoms with Gasteiger partial charge in [-0.05, 0) is 49.9 Å². The van der Waals surface area contributed by atoms with Crippen molar-refractivity contribution in [1.82, 2.24) is 9.55 Å².